The van der Waals surface area contributed by atoms with Crippen LogP contribution < -0.4 is 10.2 Å². The van der Waals surface area contributed by atoms with E-state index in [0.717, 1.165) is 13.0 Å². The fourth-order valence-corrected chi connectivity index (χ4v) is 2.63. The third-order valence-corrected chi connectivity index (χ3v) is 3.78. The van der Waals surface area contributed by atoms with Crippen molar-refractivity contribution in [3.63, 3.8) is 0 Å². The SMILES string of the molecule is CCNC(Cc1cccc(C)c1)c1ccc(N(C)C)cc1. The molecule has 21 heavy (non-hydrogen) atoms. The van der Waals surface area contributed by atoms with Gasteiger partial charge in [0.15, 0.2) is 0 Å². The van der Waals surface area contributed by atoms with Crippen LogP contribution >= 0.6 is 0 Å². The van der Waals surface area contributed by atoms with E-state index in [4.69, 9.17) is 0 Å². The zero-order valence-corrected chi connectivity index (χ0v) is 13.6. The maximum absolute atomic E-state index is 3.60. The first-order chi connectivity index (χ1) is 10.1. The quantitative estimate of drug-likeness (QED) is 0.863. The van der Waals surface area contributed by atoms with Crippen molar-refractivity contribution >= 4 is 5.69 Å². The van der Waals surface area contributed by atoms with Crippen molar-refractivity contribution in [1.82, 2.24) is 5.32 Å². The molecule has 2 aromatic carbocycles. The van der Waals surface area contributed by atoms with E-state index in [1.54, 1.807) is 0 Å². The number of nitrogens with zero attached hydrogens (tertiary/aromatic N) is 1. The summed E-state index contributed by atoms with van der Waals surface area (Å²) in [4.78, 5) is 2.13. The number of rotatable bonds is 6. The van der Waals surface area contributed by atoms with Crippen LogP contribution in [-0.4, -0.2) is 20.6 Å². The molecule has 0 saturated carbocycles. The van der Waals surface area contributed by atoms with E-state index in [1.807, 2.05) is 0 Å². The molecule has 1 N–H and O–H groups in total. The fraction of sp³-hybridized carbons (Fsp3) is 0.368. The largest absolute Gasteiger partial charge is 0.378 e. The molecule has 1 unspecified atom stereocenters. The Kier molecular flexibility index (Phi) is 5.40. The normalized spacial score (nSPS) is 12.2. The van der Waals surface area contributed by atoms with Crippen LogP contribution in [0.4, 0.5) is 5.69 Å². The molecule has 0 amide bonds. The van der Waals surface area contributed by atoms with Gasteiger partial charge in [-0.1, -0.05) is 48.9 Å². The summed E-state index contributed by atoms with van der Waals surface area (Å²) in [6.07, 6.45) is 1.02. The molecule has 0 saturated heterocycles. The van der Waals surface area contributed by atoms with Crippen LogP contribution in [0.5, 0.6) is 0 Å². The molecular weight excluding hydrogens is 256 g/mol. The van der Waals surface area contributed by atoms with Crippen LogP contribution in [-0.2, 0) is 6.42 Å². The van der Waals surface area contributed by atoms with Crippen molar-refractivity contribution in [3.8, 4) is 0 Å². The molecule has 0 heterocycles. The highest BCUT2D eigenvalue weighted by atomic mass is 15.1. The van der Waals surface area contributed by atoms with Crippen LogP contribution in [0.2, 0.25) is 0 Å². The van der Waals surface area contributed by atoms with Gasteiger partial charge in [0, 0.05) is 25.8 Å². The Morgan fingerprint density at radius 2 is 1.76 bits per heavy atom. The van der Waals surface area contributed by atoms with Crippen molar-refractivity contribution in [2.75, 3.05) is 25.5 Å². The molecule has 0 aliphatic carbocycles. The van der Waals surface area contributed by atoms with Gasteiger partial charge in [-0.3, -0.25) is 0 Å². The zero-order valence-electron chi connectivity index (χ0n) is 13.6. The van der Waals surface area contributed by atoms with E-state index in [0.29, 0.717) is 6.04 Å². The Balaban J connectivity index is 2.18. The van der Waals surface area contributed by atoms with E-state index in [-0.39, 0.29) is 0 Å². The molecule has 0 aliphatic heterocycles. The molecule has 2 nitrogen and oxygen atoms in total. The molecule has 0 aromatic heterocycles. The number of likely N-dealkylation sites (N-methyl/N-ethyl adjacent to an activating group) is 1. The van der Waals surface area contributed by atoms with Gasteiger partial charge in [-0.25, -0.2) is 0 Å². The highest BCUT2D eigenvalue weighted by molar-refractivity contribution is 5.46. The highest BCUT2D eigenvalue weighted by Gasteiger charge is 2.11. The highest BCUT2D eigenvalue weighted by Crippen LogP contribution is 2.22. The maximum Gasteiger partial charge on any atom is 0.0361 e. The number of benzene rings is 2. The monoisotopic (exact) mass is 282 g/mol. The minimum Gasteiger partial charge on any atom is -0.378 e. The molecule has 0 fully saturated rings. The third kappa shape index (κ3) is 4.33. The second-order valence-electron chi connectivity index (χ2n) is 5.79. The predicted octanol–water partition coefficient (Wildman–Crippen LogP) is 3.95. The summed E-state index contributed by atoms with van der Waals surface area (Å²) in [5, 5.41) is 3.60. The van der Waals surface area contributed by atoms with Gasteiger partial charge < -0.3 is 10.2 Å². The lowest BCUT2D eigenvalue weighted by Crippen LogP contribution is -2.23. The Morgan fingerprint density at radius 1 is 1.05 bits per heavy atom. The van der Waals surface area contributed by atoms with Gasteiger partial charge in [-0.15, -0.1) is 0 Å². The molecule has 0 bridgehead atoms. The fourth-order valence-electron chi connectivity index (χ4n) is 2.63. The minimum absolute atomic E-state index is 0.369. The van der Waals surface area contributed by atoms with Gasteiger partial charge in [-0.2, -0.15) is 0 Å². The Morgan fingerprint density at radius 3 is 2.33 bits per heavy atom. The van der Waals surface area contributed by atoms with Crippen LogP contribution in [0, 0.1) is 6.92 Å². The van der Waals surface area contributed by atoms with Gasteiger partial charge in [0.25, 0.3) is 0 Å². The second kappa shape index (κ2) is 7.28. The molecule has 0 radical (unpaired) electrons. The lowest BCUT2D eigenvalue weighted by atomic mass is 9.97. The zero-order chi connectivity index (χ0) is 15.2. The maximum atomic E-state index is 3.60. The van der Waals surface area contributed by atoms with Crippen molar-refractivity contribution in [1.29, 1.82) is 0 Å². The standard InChI is InChI=1S/C19H26N2/c1-5-20-19(14-16-8-6-7-15(2)13-16)17-9-11-18(12-10-17)21(3)4/h6-13,19-20H,5,14H2,1-4H3. The molecule has 112 valence electrons. The molecule has 0 aliphatic rings. The number of aryl methyl sites for hydroxylation is 1. The lowest BCUT2D eigenvalue weighted by Gasteiger charge is -2.20. The second-order valence-corrected chi connectivity index (χ2v) is 5.79. The molecule has 0 spiro atoms. The van der Waals surface area contributed by atoms with Crippen molar-refractivity contribution in [2.24, 2.45) is 0 Å². The molecule has 2 aromatic rings. The molecule has 2 heteroatoms. The summed E-state index contributed by atoms with van der Waals surface area (Å²) in [6, 6.07) is 18.0. The van der Waals surface area contributed by atoms with Crippen LogP contribution in [0.1, 0.15) is 29.7 Å². The Hall–Kier alpha value is -1.80. The Bertz CT molecular complexity index is 558. The molecule has 2 rings (SSSR count). The lowest BCUT2D eigenvalue weighted by molar-refractivity contribution is 0.550. The van der Waals surface area contributed by atoms with Gasteiger partial charge in [-0.05, 0) is 43.1 Å². The summed E-state index contributed by atoms with van der Waals surface area (Å²) in [5.74, 6) is 0. The average molecular weight is 282 g/mol. The average Bonchev–Trinajstić information content (AvgIpc) is 2.47. The topological polar surface area (TPSA) is 15.3 Å². The van der Waals surface area contributed by atoms with Gasteiger partial charge in [0.05, 0.1) is 0 Å². The first-order valence-electron chi connectivity index (χ1n) is 7.66. The minimum atomic E-state index is 0.369. The summed E-state index contributed by atoms with van der Waals surface area (Å²) in [7, 11) is 4.15. The van der Waals surface area contributed by atoms with Crippen LogP contribution in [0.3, 0.4) is 0 Å². The first kappa shape index (κ1) is 15.6. The van der Waals surface area contributed by atoms with Crippen molar-refractivity contribution < 1.29 is 0 Å². The van der Waals surface area contributed by atoms with Gasteiger partial charge >= 0.3 is 0 Å². The van der Waals surface area contributed by atoms with Crippen LogP contribution in [0.25, 0.3) is 0 Å². The van der Waals surface area contributed by atoms with Gasteiger partial charge in [0.2, 0.25) is 0 Å². The number of hydrogen-bond donors (Lipinski definition) is 1. The molecule has 1 atom stereocenters. The van der Waals surface area contributed by atoms with E-state index in [1.165, 1.54) is 22.4 Å². The van der Waals surface area contributed by atoms with E-state index < -0.39 is 0 Å². The van der Waals surface area contributed by atoms with E-state index >= 15 is 0 Å². The summed E-state index contributed by atoms with van der Waals surface area (Å²) >= 11 is 0. The van der Waals surface area contributed by atoms with E-state index in [9.17, 15) is 0 Å². The smallest absolute Gasteiger partial charge is 0.0361 e. The van der Waals surface area contributed by atoms with Crippen LogP contribution in [0.15, 0.2) is 48.5 Å². The first-order valence-corrected chi connectivity index (χ1v) is 7.66. The summed E-state index contributed by atoms with van der Waals surface area (Å²) < 4.78 is 0. The molecular formula is C19H26N2. The Labute approximate surface area is 128 Å². The summed E-state index contributed by atoms with van der Waals surface area (Å²) in [5.41, 5.74) is 5.30. The summed E-state index contributed by atoms with van der Waals surface area (Å²) in [6.45, 7) is 5.29. The van der Waals surface area contributed by atoms with Gasteiger partial charge in [0.1, 0.15) is 0 Å². The van der Waals surface area contributed by atoms with E-state index in [2.05, 4.69) is 86.7 Å². The number of hydrogen-bond acceptors (Lipinski definition) is 2. The predicted molar refractivity (Wildman–Crippen MR) is 92.1 cm³/mol. The third-order valence-electron chi connectivity index (χ3n) is 3.78. The number of anilines is 1. The number of nitrogens with one attached hydrogen (secondary N) is 1. The van der Waals surface area contributed by atoms with Crippen molar-refractivity contribution in [3.05, 3.63) is 65.2 Å². The van der Waals surface area contributed by atoms with Crippen molar-refractivity contribution in [2.45, 2.75) is 26.3 Å².